The van der Waals surface area contributed by atoms with Crippen LogP contribution < -0.4 is 0 Å². The van der Waals surface area contributed by atoms with Gasteiger partial charge in [-0.2, -0.15) is 0 Å². The first-order valence-corrected chi connectivity index (χ1v) is 8.54. The first-order valence-electron chi connectivity index (χ1n) is 6.86. The molecule has 1 aromatic rings. The summed E-state index contributed by atoms with van der Waals surface area (Å²) >= 11 is 5.34. The minimum atomic E-state index is -0.515. The van der Waals surface area contributed by atoms with Crippen molar-refractivity contribution in [2.75, 3.05) is 0 Å². The highest BCUT2D eigenvalue weighted by atomic mass is 79.9. The number of halogens is 1. The van der Waals surface area contributed by atoms with Gasteiger partial charge in [-0.25, -0.2) is 0 Å². The van der Waals surface area contributed by atoms with E-state index < -0.39 is 5.60 Å². The Kier molecular flexibility index (Phi) is 4.56. The molecule has 1 N–H and O–H groups in total. The molecule has 0 spiro atoms. The van der Waals surface area contributed by atoms with Gasteiger partial charge in [0.25, 0.3) is 0 Å². The van der Waals surface area contributed by atoms with Gasteiger partial charge in [0.2, 0.25) is 0 Å². The smallest absolute Gasteiger partial charge is 0.0729 e. The standard InChI is InChI=1S/C15H23BrOS/c1-10(2)12-5-4-11(3)8-15(12,17)9-14-13(16)6-7-18-14/h6-7,10-12,17H,4-5,8-9H2,1-3H3. The van der Waals surface area contributed by atoms with E-state index in [0.717, 1.165) is 17.3 Å². The lowest BCUT2D eigenvalue weighted by molar-refractivity contribution is -0.0790. The van der Waals surface area contributed by atoms with Crippen LogP contribution in [0.2, 0.25) is 0 Å². The number of hydrogen-bond donors (Lipinski definition) is 1. The van der Waals surface area contributed by atoms with Crippen molar-refractivity contribution in [1.29, 1.82) is 0 Å². The Morgan fingerprint density at radius 3 is 2.78 bits per heavy atom. The highest BCUT2D eigenvalue weighted by molar-refractivity contribution is 9.10. The summed E-state index contributed by atoms with van der Waals surface area (Å²) in [4.78, 5) is 1.29. The third kappa shape index (κ3) is 3.00. The molecule has 3 unspecified atom stereocenters. The van der Waals surface area contributed by atoms with E-state index in [2.05, 4.69) is 48.1 Å². The quantitative estimate of drug-likeness (QED) is 0.837. The van der Waals surface area contributed by atoms with Crippen molar-refractivity contribution < 1.29 is 5.11 Å². The molecule has 0 radical (unpaired) electrons. The Morgan fingerprint density at radius 1 is 1.50 bits per heavy atom. The SMILES string of the molecule is CC1CCC(C(C)C)C(O)(Cc2sccc2Br)C1. The second-order valence-corrected chi connectivity index (χ2v) is 8.06. The molecule has 0 bridgehead atoms. The van der Waals surface area contributed by atoms with Crippen molar-refractivity contribution in [3.05, 3.63) is 20.8 Å². The van der Waals surface area contributed by atoms with Gasteiger partial charge in [0.1, 0.15) is 0 Å². The van der Waals surface area contributed by atoms with E-state index in [1.54, 1.807) is 11.3 Å². The van der Waals surface area contributed by atoms with Crippen LogP contribution in [-0.4, -0.2) is 10.7 Å². The van der Waals surface area contributed by atoms with Crippen molar-refractivity contribution in [1.82, 2.24) is 0 Å². The predicted octanol–water partition coefficient (Wildman–Crippen LogP) is 4.88. The summed E-state index contributed by atoms with van der Waals surface area (Å²) in [5.74, 6) is 1.63. The summed E-state index contributed by atoms with van der Waals surface area (Å²) in [7, 11) is 0. The van der Waals surface area contributed by atoms with E-state index in [0.29, 0.717) is 17.8 Å². The number of aliphatic hydroxyl groups is 1. The van der Waals surface area contributed by atoms with E-state index in [1.165, 1.54) is 17.7 Å². The zero-order valence-corrected chi connectivity index (χ0v) is 13.9. The van der Waals surface area contributed by atoms with Crippen molar-refractivity contribution in [2.24, 2.45) is 17.8 Å². The molecule has 1 heterocycles. The second kappa shape index (κ2) is 5.64. The van der Waals surface area contributed by atoms with Crippen LogP contribution in [0, 0.1) is 17.8 Å². The summed E-state index contributed by atoms with van der Waals surface area (Å²) in [5, 5.41) is 13.3. The molecule has 3 atom stereocenters. The first kappa shape index (κ1) is 14.5. The van der Waals surface area contributed by atoms with Crippen molar-refractivity contribution in [3.63, 3.8) is 0 Å². The van der Waals surface area contributed by atoms with Gasteiger partial charge < -0.3 is 5.11 Å². The number of hydrogen-bond acceptors (Lipinski definition) is 2. The molecule has 1 aliphatic rings. The van der Waals surface area contributed by atoms with Crippen molar-refractivity contribution >= 4 is 27.3 Å². The van der Waals surface area contributed by atoms with Gasteiger partial charge >= 0.3 is 0 Å². The van der Waals surface area contributed by atoms with E-state index >= 15 is 0 Å². The molecule has 1 saturated carbocycles. The van der Waals surface area contributed by atoms with Gasteiger partial charge in [-0.1, -0.05) is 27.2 Å². The van der Waals surface area contributed by atoms with Crippen LogP contribution in [0.5, 0.6) is 0 Å². The van der Waals surface area contributed by atoms with Crippen LogP contribution in [0.25, 0.3) is 0 Å². The van der Waals surface area contributed by atoms with Crippen LogP contribution in [0.15, 0.2) is 15.9 Å². The zero-order chi connectivity index (χ0) is 13.3. The number of rotatable bonds is 3. The lowest BCUT2D eigenvalue weighted by Gasteiger charge is -2.44. The fraction of sp³-hybridized carbons (Fsp3) is 0.733. The molecule has 2 rings (SSSR count). The molecule has 0 amide bonds. The van der Waals surface area contributed by atoms with E-state index in [4.69, 9.17) is 0 Å². The largest absolute Gasteiger partial charge is 0.389 e. The van der Waals surface area contributed by atoms with Gasteiger partial charge in [-0.05, 0) is 58.0 Å². The second-order valence-electron chi connectivity index (χ2n) is 6.21. The maximum Gasteiger partial charge on any atom is 0.0729 e. The normalized spacial score (nSPS) is 33.0. The van der Waals surface area contributed by atoms with Crippen molar-refractivity contribution in [3.8, 4) is 0 Å². The highest BCUT2D eigenvalue weighted by Gasteiger charge is 2.43. The third-order valence-corrected chi connectivity index (χ3v) is 6.25. The van der Waals surface area contributed by atoms with Crippen LogP contribution in [-0.2, 0) is 6.42 Å². The summed E-state index contributed by atoms with van der Waals surface area (Å²) < 4.78 is 1.15. The molecule has 0 saturated heterocycles. The molecular weight excluding hydrogens is 308 g/mol. The molecule has 3 heteroatoms. The van der Waals surface area contributed by atoms with Crippen LogP contribution in [0.4, 0.5) is 0 Å². The Balaban J connectivity index is 2.21. The monoisotopic (exact) mass is 330 g/mol. The molecule has 18 heavy (non-hydrogen) atoms. The summed E-state index contributed by atoms with van der Waals surface area (Å²) in [6.45, 7) is 6.76. The minimum absolute atomic E-state index is 0.433. The minimum Gasteiger partial charge on any atom is -0.389 e. The van der Waals surface area contributed by atoms with E-state index in [-0.39, 0.29) is 0 Å². The van der Waals surface area contributed by atoms with Crippen LogP contribution in [0.3, 0.4) is 0 Å². The Labute approximate surface area is 123 Å². The zero-order valence-electron chi connectivity index (χ0n) is 11.4. The Bertz CT molecular complexity index is 401. The fourth-order valence-corrected chi connectivity index (χ4v) is 5.09. The molecule has 1 nitrogen and oxygen atoms in total. The summed E-state index contributed by atoms with van der Waals surface area (Å²) in [6.07, 6.45) is 4.17. The van der Waals surface area contributed by atoms with Gasteiger partial charge in [0.05, 0.1) is 5.60 Å². The molecular formula is C15H23BrOS. The molecule has 1 fully saturated rings. The fourth-order valence-electron chi connectivity index (χ4n) is 3.48. The van der Waals surface area contributed by atoms with E-state index in [9.17, 15) is 5.11 Å². The Morgan fingerprint density at radius 2 is 2.22 bits per heavy atom. The average molecular weight is 331 g/mol. The topological polar surface area (TPSA) is 20.2 Å². The summed E-state index contributed by atoms with van der Waals surface area (Å²) in [6, 6.07) is 2.08. The van der Waals surface area contributed by atoms with Crippen LogP contribution in [0.1, 0.15) is 44.9 Å². The third-order valence-electron chi connectivity index (χ3n) is 4.33. The molecule has 0 aliphatic heterocycles. The lowest BCUT2D eigenvalue weighted by Crippen LogP contribution is -2.47. The Hall–Kier alpha value is 0.140. The summed E-state index contributed by atoms with van der Waals surface area (Å²) in [5.41, 5.74) is -0.515. The van der Waals surface area contributed by atoms with Crippen LogP contribution >= 0.6 is 27.3 Å². The highest BCUT2D eigenvalue weighted by Crippen LogP contribution is 2.44. The van der Waals surface area contributed by atoms with Gasteiger partial charge in [-0.15, -0.1) is 11.3 Å². The first-order chi connectivity index (χ1) is 8.42. The molecule has 102 valence electrons. The maximum absolute atomic E-state index is 11.2. The number of thiophene rings is 1. The van der Waals surface area contributed by atoms with E-state index in [1.807, 2.05) is 0 Å². The van der Waals surface area contributed by atoms with Crippen molar-refractivity contribution in [2.45, 2.75) is 52.1 Å². The maximum atomic E-state index is 11.2. The van der Waals surface area contributed by atoms with Gasteiger partial charge in [-0.3, -0.25) is 0 Å². The van der Waals surface area contributed by atoms with Gasteiger partial charge in [0, 0.05) is 15.8 Å². The molecule has 1 aliphatic carbocycles. The molecule has 0 aromatic carbocycles. The predicted molar refractivity (Wildman–Crippen MR) is 82.0 cm³/mol. The average Bonchev–Trinajstić information content (AvgIpc) is 2.62. The molecule has 1 aromatic heterocycles. The lowest BCUT2D eigenvalue weighted by atomic mass is 9.65. The van der Waals surface area contributed by atoms with Gasteiger partial charge in [0.15, 0.2) is 0 Å².